The normalized spacial score (nSPS) is 13.7. The van der Waals surface area contributed by atoms with Crippen molar-refractivity contribution in [2.75, 3.05) is 22.7 Å². The van der Waals surface area contributed by atoms with E-state index in [9.17, 15) is 16.8 Å². The number of ether oxygens (including phenoxy) is 1. The summed E-state index contributed by atoms with van der Waals surface area (Å²) in [5, 5.41) is 0.439. The average molecular weight is 493 g/mol. The SMILES string of the molecule is COc1ccc(C)cc1S(=O)(=O)Nc1ccc2c(c1)N(S(=O)(=O)c1ccc(Cl)cc1)CC2. The Morgan fingerprint density at radius 3 is 2.38 bits per heavy atom. The summed E-state index contributed by atoms with van der Waals surface area (Å²) in [6.45, 7) is 2.05. The third-order valence-corrected chi connectivity index (χ3v) is 8.68. The van der Waals surface area contributed by atoms with Crippen molar-refractivity contribution in [1.82, 2.24) is 0 Å². The predicted octanol–water partition coefficient (Wildman–Crippen LogP) is 4.21. The molecule has 0 aliphatic carbocycles. The quantitative estimate of drug-likeness (QED) is 0.556. The van der Waals surface area contributed by atoms with Crippen LogP contribution in [0, 0.1) is 6.92 Å². The number of fused-ring (bicyclic) bond motifs is 1. The molecule has 32 heavy (non-hydrogen) atoms. The molecule has 1 aliphatic heterocycles. The fraction of sp³-hybridized carbons (Fsp3) is 0.182. The zero-order chi connectivity index (χ0) is 23.1. The second kappa shape index (κ2) is 8.31. The van der Waals surface area contributed by atoms with E-state index in [1.54, 1.807) is 31.2 Å². The number of rotatable bonds is 6. The van der Waals surface area contributed by atoms with E-state index in [1.807, 2.05) is 0 Å². The summed E-state index contributed by atoms with van der Waals surface area (Å²) in [5.41, 5.74) is 2.28. The van der Waals surface area contributed by atoms with Gasteiger partial charge in [-0.15, -0.1) is 0 Å². The standard InChI is InChI=1S/C22H21ClN2O5S2/c1-15-3-10-21(30-2)22(13-15)31(26,27)24-18-7-4-16-11-12-25(20(16)14-18)32(28,29)19-8-5-17(23)6-9-19/h3-10,13-14,24H,11-12H2,1-2H3. The van der Waals surface area contributed by atoms with Gasteiger partial charge < -0.3 is 4.74 Å². The minimum atomic E-state index is -3.96. The van der Waals surface area contributed by atoms with Gasteiger partial charge in [-0.2, -0.15) is 0 Å². The van der Waals surface area contributed by atoms with Gasteiger partial charge in [0, 0.05) is 11.6 Å². The second-order valence-electron chi connectivity index (χ2n) is 7.38. The summed E-state index contributed by atoms with van der Waals surface area (Å²) in [6, 6.07) is 15.7. The first-order valence-corrected chi connectivity index (χ1v) is 13.0. The molecule has 0 fully saturated rings. The molecule has 0 saturated carbocycles. The fourth-order valence-corrected chi connectivity index (χ4v) is 6.53. The van der Waals surface area contributed by atoms with E-state index in [1.165, 1.54) is 47.8 Å². The van der Waals surface area contributed by atoms with Crippen molar-refractivity contribution in [1.29, 1.82) is 0 Å². The summed E-state index contributed by atoms with van der Waals surface area (Å²) in [5.74, 6) is 0.219. The Bertz CT molecular complexity index is 1390. The van der Waals surface area contributed by atoms with E-state index in [4.69, 9.17) is 16.3 Å². The summed E-state index contributed by atoms with van der Waals surface area (Å²) < 4.78 is 61.4. The van der Waals surface area contributed by atoms with Gasteiger partial charge in [0.15, 0.2) is 0 Å². The first-order valence-electron chi connectivity index (χ1n) is 9.70. The topological polar surface area (TPSA) is 92.8 Å². The third-order valence-electron chi connectivity index (χ3n) is 5.20. The number of anilines is 2. The predicted molar refractivity (Wildman–Crippen MR) is 125 cm³/mol. The van der Waals surface area contributed by atoms with Crippen molar-refractivity contribution in [3.63, 3.8) is 0 Å². The van der Waals surface area contributed by atoms with Gasteiger partial charge in [-0.3, -0.25) is 9.03 Å². The number of methoxy groups -OCH3 is 1. The van der Waals surface area contributed by atoms with Crippen LogP contribution in [-0.2, 0) is 26.5 Å². The number of benzene rings is 3. The Hall–Kier alpha value is -2.75. The number of hydrogen-bond donors (Lipinski definition) is 1. The van der Waals surface area contributed by atoms with E-state index in [2.05, 4.69) is 4.72 Å². The highest BCUT2D eigenvalue weighted by Crippen LogP contribution is 2.36. The number of sulfonamides is 2. The lowest BCUT2D eigenvalue weighted by Gasteiger charge is -2.20. The summed E-state index contributed by atoms with van der Waals surface area (Å²) in [7, 11) is -6.38. The molecule has 0 saturated heterocycles. The molecule has 0 unspecified atom stereocenters. The Morgan fingerprint density at radius 1 is 0.969 bits per heavy atom. The molecule has 7 nitrogen and oxygen atoms in total. The number of aryl methyl sites for hydroxylation is 1. The summed E-state index contributed by atoms with van der Waals surface area (Å²) in [6.07, 6.45) is 0.529. The molecule has 4 rings (SSSR count). The molecule has 0 spiro atoms. The van der Waals surface area contributed by atoms with Crippen LogP contribution in [0.5, 0.6) is 5.75 Å². The summed E-state index contributed by atoms with van der Waals surface area (Å²) in [4.78, 5) is 0.122. The highest BCUT2D eigenvalue weighted by atomic mass is 35.5. The number of halogens is 1. The lowest BCUT2D eigenvalue weighted by Crippen LogP contribution is -2.29. The second-order valence-corrected chi connectivity index (χ2v) is 11.3. The maximum absolute atomic E-state index is 13.2. The monoisotopic (exact) mass is 492 g/mol. The van der Waals surface area contributed by atoms with E-state index >= 15 is 0 Å². The lowest BCUT2D eigenvalue weighted by molar-refractivity contribution is 0.402. The molecule has 0 amide bonds. The molecule has 1 N–H and O–H groups in total. The van der Waals surface area contributed by atoms with Crippen LogP contribution in [0.15, 0.2) is 70.5 Å². The van der Waals surface area contributed by atoms with Crippen LogP contribution in [-0.4, -0.2) is 30.5 Å². The van der Waals surface area contributed by atoms with Gasteiger partial charge in [-0.25, -0.2) is 16.8 Å². The Morgan fingerprint density at radius 2 is 1.69 bits per heavy atom. The van der Waals surface area contributed by atoms with Crippen molar-refractivity contribution in [2.45, 2.75) is 23.1 Å². The fourth-order valence-electron chi connectivity index (χ4n) is 3.60. The minimum absolute atomic E-state index is 0.00569. The van der Waals surface area contributed by atoms with Gasteiger partial charge in [-0.1, -0.05) is 23.7 Å². The molecule has 168 valence electrons. The first kappa shape index (κ1) is 22.4. The van der Waals surface area contributed by atoms with Gasteiger partial charge >= 0.3 is 0 Å². The zero-order valence-electron chi connectivity index (χ0n) is 17.4. The molecule has 0 bridgehead atoms. The van der Waals surface area contributed by atoms with Crippen molar-refractivity contribution >= 4 is 43.0 Å². The largest absolute Gasteiger partial charge is 0.495 e. The highest BCUT2D eigenvalue weighted by Gasteiger charge is 2.31. The maximum atomic E-state index is 13.2. The lowest BCUT2D eigenvalue weighted by atomic mass is 10.1. The van der Waals surface area contributed by atoms with Crippen molar-refractivity contribution in [2.24, 2.45) is 0 Å². The number of nitrogens with one attached hydrogen (secondary N) is 1. The molecular weight excluding hydrogens is 472 g/mol. The molecular formula is C22H21ClN2O5S2. The first-order chi connectivity index (χ1) is 15.1. The number of nitrogens with zero attached hydrogens (tertiary/aromatic N) is 1. The Kier molecular flexibility index (Phi) is 5.83. The number of hydrogen-bond acceptors (Lipinski definition) is 5. The van der Waals surface area contributed by atoms with Crippen LogP contribution in [0.1, 0.15) is 11.1 Å². The van der Waals surface area contributed by atoms with Crippen LogP contribution >= 0.6 is 11.6 Å². The minimum Gasteiger partial charge on any atom is -0.495 e. The molecule has 3 aromatic rings. The molecule has 3 aromatic carbocycles. The van der Waals surface area contributed by atoms with Gasteiger partial charge in [0.1, 0.15) is 10.6 Å². The van der Waals surface area contributed by atoms with Gasteiger partial charge in [0.25, 0.3) is 20.0 Å². The highest BCUT2D eigenvalue weighted by molar-refractivity contribution is 7.93. The molecule has 1 aliphatic rings. The van der Waals surface area contributed by atoms with Gasteiger partial charge in [0.2, 0.25) is 0 Å². The van der Waals surface area contributed by atoms with E-state index in [-0.39, 0.29) is 27.8 Å². The van der Waals surface area contributed by atoms with Crippen LogP contribution in [0.4, 0.5) is 11.4 Å². The van der Waals surface area contributed by atoms with Crippen molar-refractivity contribution in [3.05, 3.63) is 76.8 Å². The zero-order valence-corrected chi connectivity index (χ0v) is 19.8. The maximum Gasteiger partial charge on any atom is 0.265 e. The van der Waals surface area contributed by atoms with Crippen LogP contribution in [0.25, 0.3) is 0 Å². The van der Waals surface area contributed by atoms with Crippen molar-refractivity contribution in [3.8, 4) is 5.75 Å². The van der Waals surface area contributed by atoms with Crippen LogP contribution in [0.3, 0.4) is 0 Å². The van der Waals surface area contributed by atoms with Gasteiger partial charge in [0.05, 0.1) is 23.4 Å². The van der Waals surface area contributed by atoms with E-state index < -0.39 is 20.0 Å². The molecule has 0 aromatic heterocycles. The molecule has 0 atom stereocenters. The Balaban J connectivity index is 1.69. The smallest absolute Gasteiger partial charge is 0.265 e. The molecule has 1 heterocycles. The Labute approximate surface area is 192 Å². The molecule has 0 radical (unpaired) electrons. The summed E-state index contributed by atoms with van der Waals surface area (Å²) >= 11 is 5.88. The molecule has 10 heteroatoms. The van der Waals surface area contributed by atoms with E-state index in [0.29, 0.717) is 17.1 Å². The van der Waals surface area contributed by atoms with Gasteiger partial charge in [-0.05, 0) is 73.0 Å². The van der Waals surface area contributed by atoms with Crippen LogP contribution in [0.2, 0.25) is 5.02 Å². The third kappa shape index (κ3) is 4.15. The van der Waals surface area contributed by atoms with Crippen LogP contribution < -0.4 is 13.8 Å². The van der Waals surface area contributed by atoms with E-state index in [0.717, 1.165) is 11.1 Å². The average Bonchev–Trinajstić information content (AvgIpc) is 3.18. The van der Waals surface area contributed by atoms with Crippen molar-refractivity contribution < 1.29 is 21.6 Å².